The van der Waals surface area contributed by atoms with Crippen LogP contribution in [0.4, 0.5) is 18.9 Å². The van der Waals surface area contributed by atoms with Crippen LogP contribution >= 0.6 is 0 Å². The van der Waals surface area contributed by atoms with E-state index in [1.807, 2.05) is 0 Å². The molecule has 0 bridgehead atoms. The molecule has 0 spiro atoms. The van der Waals surface area contributed by atoms with Gasteiger partial charge in [-0.3, -0.25) is 4.68 Å². The molecule has 7 heteroatoms. The minimum atomic E-state index is -4.10. The molecule has 4 nitrogen and oxygen atoms in total. The number of alkyl halides is 3. The molecule has 0 radical (unpaired) electrons. The average Bonchev–Trinajstić information content (AvgIpc) is 2.56. The highest BCUT2D eigenvalue weighted by molar-refractivity contribution is 5.30. The van der Waals surface area contributed by atoms with Crippen LogP contribution in [-0.4, -0.2) is 29.2 Å². The van der Waals surface area contributed by atoms with Crippen LogP contribution in [0.2, 0.25) is 0 Å². The highest BCUT2D eigenvalue weighted by Gasteiger charge is 2.25. The van der Waals surface area contributed by atoms with Crippen LogP contribution in [0, 0.1) is 0 Å². The Labute approximate surface area is 91.2 Å². The summed E-state index contributed by atoms with van der Waals surface area (Å²) in [7, 11) is 0. The van der Waals surface area contributed by atoms with Crippen molar-refractivity contribution >= 4 is 5.69 Å². The minimum absolute atomic E-state index is 0.00918. The van der Waals surface area contributed by atoms with Crippen molar-refractivity contribution in [2.75, 3.05) is 18.9 Å². The first-order chi connectivity index (χ1) is 7.47. The number of nitrogens with zero attached hydrogens (tertiary/aromatic N) is 2. The van der Waals surface area contributed by atoms with Gasteiger partial charge in [-0.05, 0) is 6.42 Å². The third kappa shape index (κ3) is 5.59. The van der Waals surface area contributed by atoms with Gasteiger partial charge in [0.25, 0.3) is 0 Å². The molecule has 1 aromatic heterocycles. The molecule has 2 N–H and O–H groups in total. The molecule has 0 unspecified atom stereocenters. The van der Waals surface area contributed by atoms with Gasteiger partial charge in [0.1, 0.15) is 0 Å². The van der Waals surface area contributed by atoms with Gasteiger partial charge >= 0.3 is 6.18 Å². The first kappa shape index (κ1) is 12.8. The van der Waals surface area contributed by atoms with E-state index in [0.717, 1.165) is 0 Å². The SMILES string of the molecule is Nc1cnn(CCOCCCC(F)(F)F)c1. The lowest BCUT2D eigenvalue weighted by atomic mass is 10.3. The number of nitrogen functional groups attached to an aromatic ring is 1. The molecule has 0 amide bonds. The molecule has 0 aliphatic carbocycles. The second-order valence-electron chi connectivity index (χ2n) is 3.37. The van der Waals surface area contributed by atoms with E-state index in [-0.39, 0.29) is 13.0 Å². The molecule has 1 rings (SSSR count). The predicted octanol–water partition coefficient (Wildman–Crippen LogP) is 1.82. The van der Waals surface area contributed by atoms with Crippen LogP contribution in [0.1, 0.15) is 12.8 Å². The van der Waals surface area contributed by atoms with E-state index >= 15 is 0 Å². The van der Waals surface area contributed by atoms with Crippen molar-refractivity contribution in [1.29, 1.82) is 0 Å². The summed E-state index contributed by atoms with van der Waals surface area (Å²) in [6, 6.07) is 0. The zero-order valence-electron chi connectivity index (χ0n) is 8.70. The lowest BCUT2D eigenvalue weighted by Crippen LogP contribution is -2.11. The van der Waals surface area contributed by atoms with Gasteiger partial charge in [0, 0.05) is 19.2 Å². The highest BCUT2D eigenvalue weighted by Crippen LogP contribution is 2.20. The van der Waals surface area contributed by atoms with Crippen molar-refractivity contribution in [2.45, 2.75) is 25.6 Å². The molecule has 0 aliphatic heterocycles. The Morgan fingerprint density at radius 3 is 2.69 bits per heavy atom. The van der Waals surface area contributed by atoms with E-state index in [1.54, 1.807) is 10.9 Å². The van der Waals surface area contributed by atoms with Gasteiger partial charge in [-0.1, -0.05) is 0 Å². The standard InChI is InChI=1S/C9H14F3N3O/c10-9(11,12)2-1-4-16-5-3-15-7-8(13)6-14-15/h6-7H,1-5,13H2. The molecule has 0 atom stereocenters. The van der Waals surface area contributed by atoms with Crippen molar-refractivity contribution in [2.24, 2.45) is 0 Å². The largest absolute Gasteiger partial charge is 0.396 e. The van der Waals surface area contributed by atoms with Crippen LogP contribution in [0.15, 0.2) is 12.4 Å². The Balaban J connectivity index is 2.00. The number of hydrogen-bond donors (Lipinski definition) is 1. The summed E-state index contributed by atoms with van der Waals surface area (Å²) in [4.78, 5) is 0. The monoisotopic (exact) mass is 237 g/mol. The van der Waals surface area contributed by atoms with E-state index in [9.17, 15) is 13.2 Å². The third-order valence-electron chi connectivity index (χ3n) is 1.87. The number of aromatic nitrogens is 2. The maximum Gasteiger partial charge on any atom is 0.389 e. The molecule has 0 fully saturated rings. The third-order valence-corrected chi connectivity index (χ3v) is 1.87. The average molecular weight is 237 g/mol. The van der Waals surface area contributed by atoms with Crippen LogP contribution in [0.25, 0.3) is 0 Å². The molecule has 0 aliphatic rings. The quantitative estimate of drug-likeness (QED) is 0.768. The van der Waals surface area contributed by atoms with E-state index in [1.165, 1.54) is 6.20 Å². The van der Waals surface area contributed by atoms with Gasteiger partial charge in [-0.2, -0.15) is 18.3 Å². The van der Waals surface area contributed by atoms with Crippen LogP contribution < -0.4 is 5.73 Å². The number of nitrogens with two attached hydrogens (primary N) is 1. The summed E-state index contributed by atoms with van der Waals surface area (Å²) < 4.78 is 41.9. The number of ether oxygens (including phenoxy) is 1. The zero-order valence-corrected chi connectivity index (χ0v) is 8.70. The van der Waals surface area contributed by atoms with Gasteiger partial charge in [0.2, 0.25) is 0 Å². The fourth-order valence-electron chi connectivity index (χ4n) is 1.14. The predicted molar refractivity (Wildman–Crippen MR) is 52.7 cm³/mol. The molecule has 1 aromatic rings. The van der Waals surface area contributed by atoms with Crippen molar-refractivity contribution in [3.05, 3.63) is 12.4 Å². The Morgan fingerprint density at radius 1 is 1.38 bits per heavy atom. The summed E-state index contributed by atoms with van der Waals surface area (Å²) in [5.74, 6) is 0. The number of hydrogen-bond acceptors (Lipinski definition) is 3. The Morgan fingerprint density at radius 2 is 2.12 bits per heavy atom. The molecule has 0 saturated heterocycles. The summed E-state index contributed by atoms with van der Waals surface area (Å²) in [6.07, 6.45) is -1.77. The Kier molecular flexibility index (Phi) is 4.60. The summed E-state index contributed by atoms with van der Waals surface area (Å²) >= 11 is 0. The number of halogens is 3. The fourth-order valence-corrected chi connectivity index (χ4v) is 1.14. The molecular weight excluding hydrogens is 223 g/mol. The van der Waals surface area contributed by atoms with E-state index in [0.29, 0.717) is 18.8 Å². The van der Waals surface area contributed by atoms with E-state index in [2.05, 4.69) is 5.10 Å². The Bertz CT molecular complexity index is 311. The molecular formula is C9H14F3N3O. The molecule has 16 heavy (non-hydrogen) atoms. The number of anilines is 1. The van der Waals surface area contributed by atoms with Crippen LogP contribution in [0.5, 0.6) is 0 Å². The van der Waals surface area contributed by atoms with E-state index in [4.69, 9.17) is 10.5 Å². The van der Waals surface area contributed by atoms with Crippen LogP contribution in [-0.2, 0) is 11.3 Å². The van der Waals surface area contributed by atoms with Gasteiger partial charge < -0.3 is 10.5 Å². The van der Waals surface area contributed by atoms with Gasteiger partial charge in [0.15, 0.2) is 0 Å². The van der Waals surface area contributed by atoms with Crippen LogP contribution in [0.3, 0.4) is 0 Å². The first-order valence-corrected chi connectivity index (χ1v) is 4.90. The minimum Gasteiger partial charge on any atom is -0.396 e. The lowest BCUT2D eigenvalue weighted by molar-refractivity contribution is -0.137. The number of rotatable bonds is 6. The fraction of sp³-hybridized carbons (Fsp3) is 0.667. The van der Waals surface area contributed by atoms with Crippen molar-refractivity contribution in [3.8, 4) is 0 Å². The maximum atomic E-state index is 11.7. The molecule has 92 valence electrons. The van der Waals surface area contributed by atoms with Gasteiger partial charge in [0.05, 0.1) is 25.0 Å². The zero-order chi connectivity index (χ0) is 12.0. The second kappa shape index (κ2) is 5.74. The van der Waals surface area contributed by atoms with Crippen molar-refractivity contribution in [3.63, 3.8) is 0 Å². The van der Waals surface area contributed by atoms with Gasteiger partial charge in [-0.25, -0.2) is 0 Å². The molecule has 1 heterocycles. The smallest absolute Gasteiger partial charge is 0.389 e. The highest BCUT2D eigenvalue weighted by atomic mass is 19.4. The topological polar surface area (TPSA) is 53.1 Å². The van der Waals surface area contributed by atoms with Gasteiger partial charge in [-0.15, -0.1) is 0 Å². The maximum absolute atomic E-state index is 11.7. The van der Waals surface area contributed by atoms with E-state index < -0.39 is 12.6 Å². The Hall–Kier alpha value is -1.24. The lowest BCUT2D eigenvalue weighted by Gasteiger charge is -2.06. The first-order valence-electron chi connectivity index (χ1n) is 4.90. The normalized spacial score (nSPS) is 11.9. The summed E-state index contributed by atoms with van der Waals surface area (Å²) in [5, 5.41) is 3.90. The molecule has 0 saturated carbocycles. The van der Waals surface area contributed by atoms with Crippen molar-refractivity contribution in [1.82, 2.24) is 9.78 Å². The summed E-state index contributed by atoms with van der Waals surface area (Å²) in [6.45, 7) is 0.929. The van der Waals surface area contributed by atoms with Crippen molar-refractivity contribution < 1.29 is 17.9 Å². The molecule has 0 aromatic carbocycles. The summed E-state index contributed by atoms with van der Waals surface area (Å²) in [5.41, 5.74) is 5.98. The second-order valence-corrected chi connectivity index (χ2v) is 3.37.